The van der Waals surface area contributed by atoms with Crippen molar-refractivity contribution >= 4 is 35.0 Å². The van der Waals surface area contributed by atoms with E-state index >= 15 is 0 Å². The highest BCUT2D eigenvalue weighted by Crippen LogP contribution is 2.24. The SMILES string of the molecule is Cc1ccccc1OCC(=O)N(Cc1ccc(Cl)cc1Cl)C(C)C(=O)NC(C)(C)C. The van der Waals surface area contributed by atoms with Gasteiger partial charge >= 0.3 is 0 Å². The maximum Gasteiger partial charge on any atom is 0.261 e. The highest BCUT2D eigenvalue weighted by Gasteiger charge is 2.29. The number of nitrogens with one attached hydrogen (secondary N) is 1. The predicted octanol–water partition coefficient (Wildman–Crippen LogP) is 5.01. The minimum absolute atomic E-state index is 0.157. The molecule has 2 aromatic rings. The molecular weight excluding hydrogens is 423 g/mol. The molecule has 0 aromatic heterocycles. The van der Waals surface area contributed by atoms with Gasteiger partial charge in [-0.25, -0.2) is 0 Å². The third-order valence-electron chi connectivity index (χ3n) is 4.47. The van der Waals surface area contributed by atoms with Gasteiger partial charge in [-0.1, -0.05) is 47.5 Å². The summed E-state index contributed by atoms with van der Waals surface area (Å²) in [5, 5.41) is 3.86. The van der Waals surface area contributed by atoms with E-state index in [1.807, 2.05) is 45.9 Å². The van der Waals surface area contributed by atoms with E-state index in [0.29, 0.717) is 21.4 Å². The Morgan fingerprint density at radius 3 is 2.40 bits per heavy atom. The van der Waals surface area contributed by atoms with Crippen LogP contribution in [-0.4, -0.2) is 34.9 Å². The van der Waals surface area contributed by atoms with Crippen LogP contribution in [0, 0.1) is 6.92 Å². The van der Waals surface area contributed by atoms with E-state index in [1.165, 1.54) is 4.90 Å². The molecule has 162 valence electrons. The summed E-state index contributed by atoms with van der Waals surface area (Å²) in [5.41, 5.74) is 1.20. The summed E-state index contributed by atoms with van der Waals surface area (Å²) in [6.07, 6.45) is 0. The molecule has 0 bridgehead atoms. The number of carbonyl (C=O) groups excluding carboxylic acids is 2. The fraction of sp³-hybridized carbons (Fsp3) is 0.391. The van der Waals surface area contributed by atoms with E-state index < -0.39 is 11.6 Å². The van der Waals surface area contributed by atoms with Crippen LogP contribution >= 0.6 is 23.2 Å². The van der Waals surface area contributed by atoms with Crippen LogP contribution < -0.4 is 10.1 Å². The number of hydrogen-bond donors (Lipinski definition) is 1. The largest absolute Gasteiger partial charge is 0.484 e. The monoisotopic (exact) mass is 450 g/mol. The summed E-state index contributed by atoms with van der Waals surface area (Å²) in [6, 6.07) is 11.8. The molecule has 1 N–H and O–H groups in total. The standard InChI is InChI=1S/C23H28Cl2N2O3/c1-15-8-6-7-9-20(15)30-14-21(28)27(16(2)22(29)26-23(3,4)5)13-17-10-11-18(24)12-19(17)25/h6-12,16H,13-14H2,1-5H3,(H,26,29). The van der Waals surface area contributed by atoms with Crippen molar-refractivity contribution in [2.24, 2.45) is 0 Å². The van der Waals surface area contributed by atoms with Gasteiger partial charge in [0, 0.05) is 22.1 Å². The molecule has 0 aliphatic carbocycles. The molecule has 0 radical (unpaired) electrons. The minimum atomic E-state index is -0.719. The number of para-hydroxylation sites is 1. The third-order valence-corrected chi connectivity index (χ3v) is 5.05. The lowest BCUT2D eigenvalue weighted by molar-refractivity contribution is -0.142. The first-order valence-corrected chi connectivity index (χ1v) is 10.5. The Labute approximate surface area is 188 Å². The first kappa shape index (κ1) is 24.0. The van der Waals surface area contributed by atoms with E-state index in [-0.39, 0.29) is 25.0 Å². The molecule has 2 aromatic carbocycles. The Morgan fingerprint density at radius 2 is 1.80 bits per heavy atom. The fourth-order valence-electron chi connectivity index (χ4n) is 2.83. The molecule has 7 heteroatoms. The van der Waals surface area contributed by atoms with Crippen molar-refractivity contribution in [2.75, 3.05) is 6.61 Å². The first-order chi connectivity index (χ1) is 14.0. The quantitative estimate of drug-likeness (QED) is 0.644. The summed E-state index contributed by atoms with van der Waals surface area (Å²) in [6.45, 7) is 9.23. The molecule has 2 amide bonds. The van der Waals surface area contributed by atoms with Gasteiger partial charge < -0.3 is 15.0 Å². The number of rotatable bonds is 7. The number of halogens is 2. The molecule has 0 saturated carbocycles. The number of carbonyl (C=O) groups is 2. The summed E-state index contributed by atoms with van der Waals surface area (Å²) in [5.74, 6) is 0.0554. The topological polar surface area (TPSA) is 58.6 Å². The van der Waals surface area contributed by atoms with Gasteiger partial charge in [0.1, 0.15) is 11.8 Å². The lowest BCUT2D eigenvalue weighted by Crippen LogP contribution is -2.53. The van der Waals surface area contributed by atoms with E-state index in [2.05, 4.69) is 5.32 Å². The maximum atomic E-state index is 13.1. The molecule has 0 heterocycles. The number of aryl methyl sites for hydroxylation is 1. The molecule has 5 nitrogen and oxygen atoms in total. The van der Waals surface area contributed by atoms with Crippen molar-refractivity contribution in [1.82, 2.24) is 10.2 Å². The molecule has 0 fully saturated rings. The van der Waals surface area contributed by atoms with Gasteiger partial charge in [0.05, 0.1) is 0 Å². The zero-order chi connectivity index (χ0) is 22.5. The molecule has 2 rings (SSSR count). The molecule has 0 spiro atoms. The van der Waals surface area contributed by atoms with Gasteiger partial charge in [-0.2, -0.15) is 0 Å². The van der Waals surface area contributed by atoms with Gasteiger partial charge in [0.25, 0.3) is 5.91 Å². The van der Waals surface area contributed by atoms with E-state index in [1.54, 1.807) is 31.2 Å². The van der Waals surface area contributed by atoms with Gasteiger partial charge in [0.15, 0.2) is 6.61 Å². The lowest BCUT2D eigenvalue weighted by Gasteiger charge is -2.31. The highest BCUT2D eigenvalue weighted by molar-refractivity contribution is 6.35. The second-order valence-corrected chi connectivity index (χ2v) is 9.07. The average molecular weight is 451 g/mol. The second kappa shape index (κ2) is 10.2. The molecular formula is C23H28Cl2N2O3. The van der Waals surface area contributed by atoms with Crippen LogP contribution in [0.5, 0.6) is 5.75 Å². The van der Waals surface area contributed by atoms with Crippen molar-refractivity contribution in [3.63, 3.8) is 0 Å². The van der Waals surface area contributed by atoms with Crippen molar-refractivity contribution < 1.29 is 14.3 Å². The Balaban J connectivity index is 2.23. The lowest BCUT2D eigenvalue weighted by atomic mass is 10.1. The Hall–Kier alpha value is -2.24. The molecule has 0 aliphatic heterocycles. The number of ether oxygens (including phenoxy) is 1. The third kappa shape index (κ3) is 6.92. The number of benzene rings is 2. The predicted molar refractivity (Wildman–Crippen MR) is 121 cm³/mol. The summed E-state index contributed by atoms with van der Waals surface area (Å²) >= 11 is 12.3. The van der Waals surface area contributed by atoms with Crippen LogP contribution in [0.25, 0.3) is 0 Å². The van der Waals surface area contributed by atoms with Gasteiger partial charge in [-0.05, 0) is 63.9 Å². The molecule has 1 atom stereocenters. The Bertz CT molecular complexity index is 910. The van der Waals surface area contributed by atoms with E-state index in [4.69, 9.17) is 27.9 Å². The highest BCUT2D eigenvalue weighted by atomic mass is 35.5. The van der Waals surface area contributed by atoms with Gasteiger partial charge in [-0.15, -0.1) is 0 Å². The van der Waals surface area contributed by atoms with Crippen LogP contribution in [0.15, 0.2) is 42.5 Å². The van der Waals surface area contributed by atoms with Gasteiger partial charge in [-0.3, -0.25) is 9.59 Å². The Morgan fingerprint density at radius 1 is 1.13 bits per heavy atom. The van der Waals surface area contributed by atoms with Crippen LogP contribution in [0.1, 0.15) is 38.8 Å². The average Bonchev–Trinajstić information content (AvgIpc) is 2.64. The number of amides is 2. The zero-order valence-electron chi connectivity index (χ0n) is 18.0. The zero-order valence-corrected chi connectivity index (χ0v) is 19.5. The maximum absolute atomic E-state index is 13.1. The molecule has 0 aliphatic rings. The van der Waals surface area contributed by atoms with Crippen molar-refractivity contribution in [2.45, 2.75) is 52.7 Å². The fourth-order valence-corrected chi connectivity index (χ4v) is 3.30. The second-order valence-electron chi connectivity index (χ2n) is 8.23. The summed E-state index contributed by atoms with van der Waals surface area (Å²) in [4.78, 5) is 27.3. The normalized spacial score (nSPS) is 12.2. The first-order valence-electron chi connectivity index (χ1n) is 9.72. The van der Waals surface area contributed by atoms with Crippen molar-refractivity contribution in [3.05, 3.63) is 63.6 Å². The molecule has 30 heavy (non-hydrogen) atoms. The number of hydrogen-bond acceptors (Lipinski definition) is 3. The van der Waals surface area contributed by atoms with Crippen LogP contribution in [0.3, 0.4) is 0 Å². The Kier molecular flexibility index (Phi) is 8.16. The molecule has 0 saturated heterocycles. The molecule has 1 unspecified atom stereocenters. The number of nitrogens with zero attached hydrogens (tertiary/aromatic N) is 1. The minimum Gasteiger partial charge on any atom is -0.484 e. The van der Waals surface area contributed by atoms with Crippen LogP contribution in [-0.2, 0) is 16.1 Å². The summed E-state index contributed by atoms with van der Waals surface area (Å²) in [7, 11) is 0. The van der Waals surface area contributed by atoms with Crippen LogP contribution in [0.2, 0.25) is 10.0 Å². The van der Waals surface area contributed by atoms with E-state index in [9.17, 15) is 9.59 Å². The van der Waals surface area contributed by atoms with E-state index in [0.717, 1.165) is 5.56 Å². The van der Waals surface area contributed by atoms with Crippen molar-refractivity contribution in [1.29, 1.82) is 0 Å². The van der Waals surface area contributed by atoms with Crippen molar-refractivity contribution in [3.8, 4) is 5.75 Å². The smallest absolute Gasteiger partial charge is 0.261 e. The summed E-state index contributed by atoms with van der Waals surface area (Å²) < 4.78 is 5.72. The van der Waals surface area contributed by atoms with Crippen LogP contribution in [0.4, 0.5) is 0 Å². The van der Waals surface area contributed by atoms with Gasteiger partial charge in [0.2, 0.25) is 5.91 Å².